The summed E-state index contributed by atoms with van der Waals surface area (Å²) in [6.45, 7) is 3.06. The summed E-state index contributed by atoms with van der Waals surface area (Å²) in [7, 11) is 1.90. The lowest BCUT2D eigenvalue weighted by Crippen LogP contribution is -2.38. The lowest BCUT2D eigenvalue weighted by Gasteiger charge is -2.23. The molecule has 0 rings (SSSR count). The van der Waals surface area contributed by atoms with Gasteiger partial charge in [-0.2, -0.15) is 0 Å². The average molecular weight is 147 g/mol. The third-order valence-corrected chi connectivity index (χ3v) is 1.62. The van der Waals surface area contributed by atoms with Crippen LogP contribution < -0.4 is 0 Å². The molecule has 0 spiro atoms. The van der Waals surface area contributed by atoms with Gasteiger partial charge in [0, 0.05) is 0 Å². The van der Waals surface area contributed by atoms with Crippen LogP contribution in [0.2, 0.25) is 0 Å². The third kappa shape index (κ3) is 3.15. The van der Waals surface area contributed by atoms with Crippen LogP contribution in [-0.4, -0.2) is 48.0 Å². The summed E-state index contributed by atoms with van der Waals surface area (Å²) in [6, 6.07) is -0.0834. The van der Waals surface area contributed by atoms with Crippen molar-refractivity contribution in [3.8, 4) is 0 Å². The minimum atomic E-state index is -0.0834. The minimum Gasteiger partial charge on any atom is -0.395 e. The molecule has 0 saturated heterocycles. The van der Waals surface area contributed by atoms with Crippen molar-refractivity contribution in [1.82, 2.24) is 4.90 Å². The SMILES string of the molecule is CCCN(C)C(CO)CO. The summed E-state index contributed by atoms with van der Waals surface area (Å²) in [5, 5.41) is 17.4. The van der Waals surface area contributed by atoms with E-state index in [0.717, 1.165) is 13.0 Å². The molecule has 0 unspecified atom stereocenters. The molecule has 0 aliphatic heterocycles. The molecule has 0 aromatic heterocycles. The number of likely N-dealkylation sites (N-methyl/N-ethyl adjacent to an activating group) is 1. The molecule has 10 heavy (non-hydrogen) atoms. The molecule has 0 saturated carbocycles. The minimum absolute atomic E-state index is 0.0347. The summed E-state index contributed by atoms with van der Waals surface area (Å²) in [5.74, 6) is 0. The Morgan fingerprint density at radius 1 is 1.30 bits per heavy atom. The predicted molar refractivity (Wildman–Crippen MR) is 40.9 cm³/mol. The van der Waals surface area contributed by atoms with Crippen LogP contribution in [0, 0.1) is 0 Å². The van der Waals surface area contributed by atoms with E-state index in [1.165, 1.54) is 0 Å². The van der Waals surface area contributed by atoms with Crippen LogP contribution in [0.4, 0.5) is 0 Å². The van der Waals surface area contributed by atoms with Gasteiger partial charge >= 0.3 is 0 Å². The van der Waals surface area contributed by atoms with Crippen LogP contribution in [0.25, 0.3) is 0 Å². The Kier molecular flexibility index (Phi) is 5.58. The highest BCUT2D eigenvalue weighted by molar-refractivity contribution is 4.64. The number of hydrogen-bond donors (Lipinski definition) is 2. The van der Waals surface area contributed by atoms with E-state index >= 15 is 0 Å². The summed E-state index contributed by atoms with van der Waals surface area (Å²) in [5.41, 5.74) is 0. The van der Waals surface area contributed by atoms with Gasteiger partial charge < -0.3 is 10.2 Å². The van der Waals surface area contributed by atoms with E-state index in [9.17, 15) is 0 Å². The maximum Gasteiger partial charge on any atom is 0.0609 e. The molecule has 62 valence electrons. The van der Waals surface area contributed by atoms with Crippen LogP contribution in [0.15, 0.2) is 0 Å². The van der Waals surface area contributed by atoms with Gasteiger partial charge in [-0.05, 0) is 20.0 Å². The van der Waals surface area contributed by atoms with Gasteiger partial charge in [0.05, 0.1) is 19.3 Å². The molecule has 0 aromatic carbocycles. The fourth-order valence-electron chi connectivity index (χ4n) is 0.872. The molecule has 0 heterocycles. The molecular weight excluding hydrogens is 130 g/mol. The number of aliphatic hydroxyl groups excluding tert-OH is 2. The Hall–Kier alpha value is -0.120. The van der Waals surface area contributed by atoms with Crippen LogP contribution in [0.5, 0.6) is 0 Å². The van der Waals surface area contributed by atoms with Crippen molar-refractivity contribution in [3.05, 3.63) is 0 Å². The molecule has 3 nitrogen and oxygen atoms in total. The van der Waals surface area contributed by atoms with Crippen molar-refractivity contribution in [2.24, 2.45) is 0 Å². The van der Waals surface area contributed by atoms with Crippen molar-refractivity contribution in [2.75, 3.05) is 26.8 Å². The molecule has 0 aliphatic rings. The first-order chi connectivity index (χ1) is 4.76. The van der Waals surface area contributed by atoms with E-state index < -0.39 is 0 Å². The Morgan fingerprint density at radius 3 is 2.10 bits per heavy atom. The Labute approximate surface area is 62.3 Å². The number of rotatable bonds is 5. The summed E-state index contributed by atoms with van der Waals surface area (Å²) >= 11 is 0. The topological polar surface area (TPSA) is 43.7 Å². The maximum atomic E-state index is 8.72. The van der Waals surface area contributed by atoms with Gasteiger partial charge in [0.25, 0.3) is 0 Å². The molecular formula is C7H17NO2. The zero-order valence-electron chi connectivity index (χ0n) is 6.75. The number of hydrogen-bond acceptors (Lipinski definition) is 3. The monoisotopic (exact) mass is 147 g/mol. The molecule has 0 amide bonds. The van der Waals surface area contributed by atoms with Crippen LogP contribution >= 0.6 is 0 Å². The van der Waals surface area contributed by atoms with Gasteiger partial charge in [0.2, 0.25) is 0 Å². The van der Waals surface area contributed by atoms with Gasteiger partial charge in [0.1, 0.15) is 0 Å². The molecule has 0 aliphatic carbocycles. The molecule has 0 atom stereocenters. The first-order valence-corrected chi connectivity index (χ1v) is 3.68. The van der Waals surface area contributed by atoms with Crippen molar-refractivity contribution in [2.45, 2.75) is 19.4 Å². The quantitative estimate of drug-likeness (QED) is 0.560. The zero-order valence-corrected chi connectivity index (χ0v) is 6.75. The molecule has 0 aromatic rings. The summed E-state index contributed by atoms with van der Waals surface area (Å²) < 4.78 is 0. The van der Waals surface area contributed by atoms with Crippen LogP contribution in [0.1, 0.15) is 13.3 Å². The fraction of sp³-hybridized carbons (Fsp3) is 1.00. The Morgan fingerprint density at radius 2 is 1.80 bits per heavy atom. The predicted octanol–water partition coefficient (Wildman–Crippen LogP) is -0.319. The molecule has 3 heteroatoms. The van der Waals surface area contributed by atoms with E-state index in [1.807, 2.05) is 11.9 Å². The van der Waals surface area contributed by atoms with Crippen molar-refractivity contribution >= 4 is 0 Å². The second-order valence-corrected chi connectivity index (χ2v) is 2.50. The fourth-order valence-corrected chi connectivity index (χ4v) is 0.872. The van der Waals surface area contributed by atoms with E-state index in [2.05, 4.69) is 6.92 Å². The zero-order chi connectivity index (χ0) is 7.98. The molecule has 2 N–H and O–H groups in total. The largest absolute Gasteiger partial charge is 0.395 e. The molecule has 0 radical (unpaired) electrons. The highest BCUT2D eigenvalue weighted by Gasteiger charge is 2.09. The van der Waals surface area contributed by atoms with E-state index in [4.69, 9.17) is 10.2 Å². The Balaban J connectivity index is 3.53. The van der Waals surface area contributed by atoms with Crippen molar-refractivity contribution in [1.29, 1.82) is 0 Å². The van der Waals surface area contributed by atoms with Gasteiger partial charge in [-0.3, -0.25) is 4.90 Å². The van der Waals surface area contributed by atoms with Gasteiger partial charge in [0.15, 0.2) is 0 Å². The standard InChI is InChI=1S/C7H17NO2/c1-3-4-8(2)7(5-9)6-10/h7,9-10H,3-6H2,1-2H3. The maximum absolute atomic E-state index is 8.72. The average Bonchev–Trinajstić information content (AvgIpc) is 1.91. The summed E-state index contributed by atoms with van der Waals surface area (Å²) in [6.07, 6.45) is 1.05. The second-order valence-electron chi connectivity index (χ2n) is 2.50. The molecule has 0 bridgehead atoms. The lowest BCUT2D eigenvalue weighted by molar-refractivity contribution is 0.0919. The van der Waals surface area contributed by atoms with Gasteiger partial charge in [-0.1, -0.05) is 6.92 Å². The molecule has 0 fully saturated rings. The van der Waals surface area contributed by atoms with E-state index in [0.29, 0.717) is 0 Å². The highest BCUT2D eigenvalue weighted by Crippen LogP contribution is 1.94. The smallest absolute Gasteiger partial charge is 0.0609 e. The summed E-state index contributed by atoms with van der Waals surface area (Å²) in [4.78, 5) is 1.96. The first-order valence-electron chi connectivity index (χ1n) is 3.68. The van der Waals surface area contributed by atoms with Gasteiger partial charge in [-0.25, -0.2) is 0 Å². The number of aliphatic hydroxyl groups is 2. The third-order valence-electron chi connectivity index (χ3n) is 1.62. The van der Waals surface area contributed by atoms with Gasteiger partial charge in [-0.15, -0.1) is 0 Å². The van der Waals surface area contributed by atoms with Crippen LogP contribution in [0.3, 0.4) is 0 Å². The van der Waals surface area contributed by atoms with Crippen LogP contribution in [-0.2, 0) is 0 Å². The Bertz CT molecular complexity index is 74.0. The van der Waals surface area contributed by atoms with E-state index in [-0.39, 0.29) is 19.3 Å². The number of nitrogens with zero attached hydrogens (tertiary/aromatic N) is 1. The first kappa shape index (κ1) is 9.88. The van der Waals surface area contributed by atoms with Crippen molar-refractivity contribution < 1.29 is 10.2 Å². The van der Waals surface area contributed by atoms with Crippen molar-refractivity contribution in [3.63, 3.8) is 0 Å². The van der Waals surface area contributed by atoms with E-state index in [1.54, 1.807) is 0 Å². The normalized spacial score (nSPS) is 11.4. The lowest BCUT2D eigenvalue weighted by atomic mass is 10.3. The second kappa shape index (κ2) is 5.65. The highest BCUT2D eigenvalue weighted by atomic mass is 16.3.